The van der Waals surface area contributed by atoms with E-state index >= 15 is 0 Å². The fourth-order valence-electron chi connectivity index (χ4n) is 4.01. The minimum atomic E-state index is 0.550. The molecule has 4 aromatic rings. The van der Waals surface area contributed by atoms with E-state index in [9.17, 15) is 0 Å². The van der Waals surface area contributed by atoms with Gasteiger partial charge in [-0.3, -0.25) is 0 Å². The Balaban J connectivity index is 1.82. The van der Waals surface area contributed by atoms with Gasteiger partial charge in [0.2, 0.25) is 0 Å². The summed E-state index contributed by atoms with van der Waals surface area (Å²) in [4.78, 5) is 13.8. The molecule has 2 heterocycles. The van der Waals surface area contributed by atoms with Gasteiger partial charge in [0.1, 0.15) is 11.5 Å². The maximum atomic E-state index is 4.71. The SMILES string of the molecule is Cc1cc(C)c(C)c(-c2c3ccc(-c4cnc(CC(C)C)nc4)cc3nc[n+]2C)c1. The molecular weight excluding hydrogens is 368 g/mol. The fourth-order valence-corrected chi connectivity index (χ4v) is 4.01. The topological polar surface area (TPSA) is 42.6 Å². The van der Waals surface area contributed by atoms with E-state index in [1.807, 2.05) is 18.7 Å². The summed E-state index contributed by atoms with van der Waals surface area (Å²) in [7, 11) is 2.06. The highest BCUT2D eigenvalue weighted by molar-refractivity contribution is 5.93. The predicted molar refractivity (Wildman–Crippen MR) is 122 cm³/mol. The highest BCUT2D eigenvalue weighted by Gasteiger charge is 2.18. The number of hydrogen-bond donors (Lipinski definition) is 0. The number of fused-ring (bicyclic) bond motifs is 1. The van der Waals surface area contributed by atoms with E-state index in [4.69, 9.17) is 4.98 Å². The lowest BCUT2D eigenvalue weighted by molar-refractivity contribution is -0.662. The molecule has 0 aliphatic carbocycles. The average molecular weight is 398 g/mol. The summed E-state index contributed by atoms with van der Waals surface area (Å²) in [6.45, 7) is 10.9. The highest BCUT2D eigenvalue weighted by Crippen LogP contribution is 2.31. The number of aryl methyl sites for hydroxylation is 3. The monoisotopic (exact) mass is 397 g/mol. The van der Waals surface area contributed by atoms with Crippen LogP contribution in [0.5, 0.6) is 0 Å². The Morgan fingerprint density at radius 1 is 0.900 bits per heavy atom. The molecule has 0 radical (unpaired) electrons. The van der Waals surface area contributed by atoms with E-state index in [0.29, 0.717) is 5.92 Å². The van der Waals surface area contributed by atoms with Gasteiger partial charge in [-0.25, -0.2) is 14.5 Å². The third-order valence-corrected chi connectivity index (χ3v) is 5.67. The molecule has 4 rings (SSSR count). The standard InChI is InChI=1S/C26H29N4/c1-16(2)9-25-27-13-21(14-28-25)20-7-8-22-24(12-20)29-15-30(6)26(22)23-11-17(3)10-18(4)19(23)5/h7-8,10-16H,9H2,1-6H3/q+1. The summed E-state index contributed by atoms with van der Waals surface area (Å²) in [6, 6.07) is 11.0. The molecule has 30 heavy (non-hydrogen) atoms. The van der Waals surface area contributed by atoms with Gasteiger partial charge in [-0.2, -0.15) is 0 Å². The van der Waals surface area contributed by atoms with Crippen LogP contribution < -0.4 is 4.57 Å². The minimum absolute atomic E-state index is 0.550. The van der Waals surface area contributed by atoms with Crippen LogP contribution in [0.4, 0.5) is 0 Å². The molecule has 2 aromatic carbocycles. The van der Waals surface area contributed by atoms with Crippen molar-refractivity contribution in [3.05, 3.63) is 71.6 Å². The lowest BCUT2D eigenvalue weighted by Gasteiger charge is -2.12. The molecule has 0 fully saturated rings. The maximum absolute atomic E-state index is 4.71. The normalized spacial score (nSPS) is 11.4. The van der Waals surface area contributed by atoms with E-state index < -0.39 is 0 Å². The molecule has 0 aliphatic rings. The van der Waals surface area contributed by atoms with Gasteiger partial charge in [-0.1, -0.05) is 31.5 Å². The largest absolute Gasteiger partial charge is 0.287 e. The first-order valence-electron chi connectivity index (χ1n) is 10.5. The zero-order valence-electron chi connectivity index (χ0n) is 18.7. The van der Waals surface area contributed by atoms with Crippen LogP contribution in [0, 0.1) is 26.7 Å². The van der Waals surface area contributed by atoms with Crippen LogP contribution in [0.3, 0.4) is 0 Å². The minimum Gasteiger partial charge on any atom is -0.241 e. The molecule has 0 unspecified atom stereocenters. The molecule has 0 atom stereocenters. The molecule has 0 amide bonds. The van der Waals surface area contributed by atoms with Crippen molar-refractivity contribution >= 4 is 10.9 Å². The Bertz CT molecular complexity index is 1220. The van der Waals surface area contributed by atoms with Gasteiger partial charge in [0, 0.05) is 29.9 Å². The fraction of sp³-hybridized carbons (Fsp3) is 0.308. The van der Waals surface area contributed by atoms with Gasteiger partial charge >= 0.3 is 0 Å². The summed E-state index contributed by atoms with van der Waals surface area (Å²) in [5.74, 6) is 1.45. The number of rotatable bonds is 4. The summed E-state index contributed by atoms with van der Waals surface area (Å²) in [5.41, 5.74) is 9.42. The number of nitrogens with zero attached hydrogens (tertiary/aromatic N) is 4. The molecule has 0 aliphatic heterocycles. The molecular formula is C26H29N4+. The van der Waals surface area contributed by atoms with Crippen molar-refractivity contribution in [1.82, 2.24) is 15.0 Å². The van der Waals surface area contributed by atoms with Crippen LogP contribution >= 0.6 is 0 Å². The Hall–Kier alpha value is -3.14. The Labute approximate surface area is 178 Å². The lowest BCUT2D eigenvalue weighted by Crippen LogP contribution is -2.32. The quantitative estimate of drug-likeness (QED) is 0.439. The molecule has 4 heteroatoms. The molecule has 152 valence electrons. The molecule has 0 N–H and O–H groups in total. The molecule has 2 aromatic heterocycles. The van der Waals surface area contributed by atoms with Gasteiger partial charge in [-0.05, 0) is 66.6 Å². The molecule has 0 spiro atoms. The van der Waals surface area contributed by atoms with Crippen LogP contribution in [0.1, 0.15) is 36.4 Å². The second kappa shape index (κ2) is 7.94. The van der Waals surface area contributed by atoms with E-state index in [1.54, 1.807) is 0 Å². The van der Waals surface area contributed by atoms with Crippen molar-refractivity contribution in [2.24, 2.45) is 13.0 Å². The summed E-state index contributed by atoms with van der Waals surface area (Å²) in [5, 5.41) is 1.15. The number of benzene rings is 2. The Morgan fingerprint density at radius 2 is 1.63 bits per heavy atom. The average Bonchev–Trinajstić information content (AvgIpc) is 2.71. The lowest BCUT2D eigenvalue weighted by atomic mass is 9.95. The summed E-state index contributed by atoms with van der Waals surface area (Å²) >= 11 is 0. The predicted octanol–water partition coefficient (Wildman–Crippen LogP) is 5.31. The van der Waals surface area contributed by atoms with Gasteiger partial charge in [0.25, 0.3) is 6.33 Å². The van der Waals surface area contributed by atoms with E-state index in [1.165, 1.54) is 27.9 Å². The first kappa shape index (κ1) is 20.1. The Morgan fingerprint density at radius 3 is 2.33 bits per heavy atom. The van der Waals surface area contributed by atoms with Crippen LogP contribution in [-0.2, 0) is 13.5 Å². The van der Waals surface area contributed by atoms with Crippen molar-refractivity contribution in [2.75, 3.05) is 0 Å². The summed E-state index contributed by atoms with van der Waals surface area (Å²) < 4.78 is 2.12. The van der Waals surface area contributed by atoms with Crippen LogP contribution in [-0.4, -0.2) is 15.0 Å². The first-order valence-corrected chi connectivity index (χ1v) is 10.5. The molecule has 4 nitrogen and oxygen atoms in total. The van der Waals surface area contributed by atoms with E-state index in [2.05, 4.69) is 86.5 Å². The maximum Gasteiger partial charge on any atom is 0.287 e. The van der Waals surface area contributed by atoms with Crippen LogP contribution in [0.15, 0.2) is 49.1 Å². The van der Waals surface area contributed by atoms with Crippen molar-refractivity contribution in [3.8, 4) is 22.4 Å². The van der Waals surface area contributed by atoms with Gasteiger partial charge in [0.05, 0.1) is 12.4 Å². The van der Waals surface area contributed by atoms with Crippen molar-refractivity contribution in [3.63, 3.8) is 0 Å². The van der Waals surface area contributed by atoms with Gasteiger partial charge in [0.15, 0.2) is 5.52 Å². The van der Waals surface area contributed by atoms with Crippen molar-refractivity contribution < 1.29 is 4.57 Å². The Kier molecular flexibility index (Phi) is 5.33. The van der Waals surface area contributed by atoms with Crippen LogP contribution in [0.25, 0.3) is 33.3 Å². The van der Waals surface area contributed by atoms with Crippen molar-refractivity contribution in [1.29, 1.82) is 0 Å². The summed E-state index contributed by atoms with van der Waals surface area (Å²) in [6.07, 6.45) is 6.64. The second-order valence-electron chi connectivity index (χ2n) is 8.68. The zero-order valence-corrected chi connectivity index (χ0v) is 18.7. The third kappa shape index (κ3) is 3.82. The van der Waals surface area contributed by atoms with E-state index in [0.717, 1.165) is 34.3 Å². The second-order valence-corrected chi connectivity index (χ2v) is 8.68. The molecule has 0 bridgehead atoms. The smallest absolute Gasteiger partial charge is 0.241 e. The van der Waals surface area contributed by atoms with Gasteiger partial charge < -0.3 is 0 Å². The van der Waals surface area contributed by atoms with Gasteiger partial charge in [-0.15, -0.1) is 0 Å². The van der Waals surface area contributed by atoms with Crippen LogP contribution in [0.2, 0.25) is 0 Å². The molecule has 0 saturated carbocycles. The third-order valence-electron chi connectivity index (χ3n) is 5.67. The number of aromatic nitrogens is 4. The van der Waals surface area contributed by atoms with E-state index in [-0.39, 0.29) is 0 Å². The highest BCUT2D eigenvalue weighted by atomic mass is 15.0. The van der Waals surface area contributed by atoms with Crippen molar-refractivity contribution in [2.45, 2.75) is 41.0 Å². The number of hydrogen-bond acceptors (Lipinski definition) is 3. The molecule has 0 saturated heterocycles. The first-order chi connectivity index (χ1) is 14.3. The zero-order chi connectivity index (χ0) is 21.4.